The van der Waals surface area contributed by atoms with Crippen LogP contribution in [0.15, 0.2) is 24.5 Å². The molecule has 15 heavy (non-hydrogen) atoms. The smallest absolute Gasteiger partial charge is 0.137 e. The van der Waals surface area contributed by atoms with Gasteiger partial charge in [-0.2, -0.15) is 10.2 Å². The average Bonchev–Trinajstić information content (AvgIpc) is 2.84. The van der Waals surface area contributed by atoms with Gasteiger partial charge in [0.25, 0.3) is 0 Å². The maximum Gasteiger partial charge on any atom is 0.137 e. The van der Waals surface area contributed by atoms with Crippen molar-refractivity contribution in [2.24, 2.45) is 7.05 Å². The Morgan fingerprint density at radius 3 is 2.53 bits per heavy atom. The lowest BCUT2D eigenvalue weighted by atomic mass is 10.2. The second-order valence-corrected chi connectivity index (χ2v) is 3.35. The normalized spacial score (nSPS) is 13.0. The second kappa shape index (κ2) is 3.86. The zero-order chi connectivity index (χ0) is 10.8. The van der Waals surface area contributed by atoms with E-state index < -0.39 is 6.10 Å². The first kappa shape index (κ1) is 9.92. The zero-order valence-electron chi connectivity index (χ0n) is 8.83. The van der Waals surface area contributed by atoms with Crippen LogP contribution in [0.25, 0.3) is 0 Å². The van der Waals surface area contributed by atoms with E-state index in [-0.39, 0.29) is 0 Å². The van der Waals surface area contributed by atoms with E-state index in [0.29, 0.717) is 0 Å². The molecule has 0 bridgehead atoms. The van der Waals surface area contributed by atoms with Gasteiger partial charge < -0.3 is 5.11 Å². The highest BCUT2D eigenvalue weighted by atomic mass is 16.3. The van der Waals surface area contributed by atoms with Gasteiger partial charge in [-0.15, -0.1) is 0 Å². The van der Waals surface area contributed by atoms with Crippen molar-refractivity contribution in [2.75, 3.05) is 0 Å². The van der Waals surface area contributed by atoms with E-state index in [0.717, 1.165) is 17.9 Å². The van der Waals surface area contributed by atoms with Crippen molar-refractivity contribution in [3.63, 3.8) is 0 Å². The van der Waals surface area contributed by atoms with Gasteiger partial charge in [-0.25, -0.2) is 0 Å². The maximum atomic E-state index is 10.1. The van der Waals surface area contributed by atoms with Crippen molar-refractivity contribution in [3.8, 4) is 0 Å². The summed E-state index contributed by atoms with van der Waals surface area (Å²) in [7, 11) is 1.81. The monoisotopic (exact) mass is 206 g/mol. The molecule has 0 saturated carbocycles. The third-order valence-electron chi connectivity index (χ3n) is 2.47. The fraction of sp³-hybridized carbons (Fsp3) is 0.400. The SMILES string of the molecule is CCn1nccc1C(O)c1ccnn1C. The first-order valence-electron chi connectivity index (χ1n) is 4.91. The summed E-state index contributed by atoms with van der Waals surface area (Å²) >= 11 is 0. The molecule has 0 aromatic carbocycles. The molecule has 0 spiro atoms. The van der Waals surface area contributed by atoms with Gasteiger partial charge in [-0.05, 0) is 19.1 Å². The highest BCUT2D eigenvalue weighted by Gasteiger charge is 2.17. The number of aliphatic hydroxyl groups excluding tert-OH is 1. The Labute approximate surface area is 88.0 Å². The first-order chi connectivity index (χ1) is 7.24. The molecule has 0 radical (unpaired) electrons. The third-order valence-corrected chi connectivity index (χ3v) is 2.47. The maximum absolute atomic E-state index is 10.1. The fourth-order valence-corrected chi connectivity index (χ4v) is 1.64. The van der Waals surface area contributed by atoms with Crippen molar-refractivity contribution >= 4 is 0 Å². The lowest BCUT2D eigenvalue weighted by Gasteiger charge is -2.12. The Balaban J connectivity index is 2.36. The molecular weight excluding hydrogens is 192 g/mol. The highest BCUT2D eigenvalue weighted by Crippen LogP contribution is 2.20. The molecule has 0 saturated heterocycles. The van der Waals surface area contributed by atoms with Crippen molar-refractivity contribution in [1.29, 1.82) is 0 Å². The summed E-state index contributed by atoms with van der Waals surface area (Å²) in [4.78, 5) is 0. The summed E-state index contributed by atoms with van der Waals surface area (Å²) in [5.41, 5.74) is 1.56. The van der Waals surface area contributed by atoms with E-state index in [2.05, 4.69) is 10.2 Å². The minimum atomic E-state index is -0.667. The second-order valence-electron chi connectivity index (χ2n) is 3.35. The van der Waals surface area contributed by atoms with Gasteiger partial charge in [0, 0.05) is 26.0 Å². The molecule has 2 heterocycles. The van der Waals surface area contributed by atoms with Gasteiger partial charge in [-0.3, -0.25) is 9.36 Å². The van der Waals surface area contributed by atoms with E-state index in [1.54, 1.807) is 27.8 Å². The minimum absolute atomic E-state index is 0.667. The summed E-state index contributed by atoms with van der Waals surface area (Å²) in [6.45, 7) is 2.74. The molecule has 5 heteroatoms. The van der Waals surface area contributed by atoms with E-state index in [1.807, 2.05) is 20.0 Å². The molecule has 0 aliphatic heterocycles. The topological polar surface area (TPSA) is 55.9 Å². The predicted octanol–water partition coefficient (Wildman–Crippen LogP) is 0.718. The summed E-state index contributed by atoms with van der Waals surface area (Å²) in [5.74, 6) is 0. The summed E-state index contributed by atoms with van der Waals surface area (Å²) in [6, 6.07) is 3.62. The lowest BCUT2D eigenvalue weighted by Crippen LogP contribution is -2.12. The molecule has 2 aromatic rings. The van der Waals surface area contributed by atoms with Crippen LogP contribution in [0.4, 0.5) is 0 Å². The van der Waals surface area contributed by atoms with Crippen LogP contribution >= 0.6 is 0 Å². The molecule has 5 nitrogen and oxygen atoms in total. The molecule has 2 rings (SSSR count). The van der Waals surface area contributed by atoms with Gasteiger partial charge in [-0.1, -0.05) is 0 Å². The molecular formula is C10H14N4O. The number of aliphatic hydroxyl groups is 1. The Morgan fingerprint density at radius 2 is 1.93 bits per heavy atom. The number of hydrogen-bond donors (Lipinski definition) is 1. The van der Waals surface area contributed by atoms with Crippen molar-refractivity contribution in [2.45, 2.75) is 19.6 Å². The number of rotatable bonds is 3. The standard InChI is InChI=1S/C10H14N4O/c1-3-14-9(5-7-12-14)10(15)8-4-6-11-13(8)2/h4-7,10,15H,3H2,1-2H3. The van der Waals surface area contributed by atoms with Crippen molar-refractivity contribution in [3.05, 3.63) is 35.9 Å². The van der Waals surface area contributed by atoms with Crippen LogP contribution < -0.4 is 0 Å². The molecule has 80 valence electrons. The molecule has 0 amide bonds. The minimum Gasteiger partial charge on any atom is -0.380 e. The molecule has 1 N–H and O–H groups in total. The van der Waals surface area contributed by atoms with Crippen LogP contribution in [0.3, 0.4) is 0 Å². The predicted molar refractivity (Wildman–Crippen MR) is 55.2 cm³/mol. The van der Waals surface area contributed by atoms with Crippen LogP contribution in [0.1, 0.15) is 24.4 Å². The summed E-state index contributed by atoms with van der Waals surface area (Å²) in [6.07, 6.45) is 2.70. The molecule has 0 aliphatic rings. The van der Waals surface area contributed by atoms with Crippen molar-refractivity contribution in [1.82, 2.24) is 19.6 Å². The average molecular weight is 206 g/mol. The Bertz CT molecular complexity index is 446. The molecule has 2 aromatic heterocycles. The largest absolute Gasteiger partial charge is 0.380 e. The van der Waals surface area contributed by atoms with Gasteiger partial charge in [0.05, 0.1) is 11.4 Å². The van der Waals surface area contributed by atoms with Crippen LogP contribution in [-0.2, 0) is 13.6 Å². The lowest BCUT2D eigenvalue weighted by molar-refractivity contribution is 0.198. The van der Waals surface area contributed by atoms with Gasteiger partial charge in [0.2, 0.25) is 0 Å². The Morgan fingerprint density at radius 1 is 1.27 bits per heavy atom. The van der Waals surface area contributed by atoms with E-state index in [9.17, 15) is 5.11 Å². The first-order valence-corrected chi connectivity index (χ1v) is 4.91. The van der Waals surface area contributed by atoms with Crippen LogP contribution in [0.2, 0.25) is 0 Å². The van der Waals surface area contributed by atoms with E-state index in [1.165, 1.54) is 0 Å². The Hall–Kier alpha value is -1.62. The summed E-state index contributed by atoms with van der Waals surface area (Å²) < 4.78 is 3.44. The quantitative estimate of drug-likeness (QED) is 0.805. The van der Waals surface area contributed by atoms with Crippen LogP contribution in [0, 0.1) is 0 Å². The fourth-order valence-electron chi connectivity index (χ4n) is 1.64. The van der Waals surface area contributed by atoms with E-state index in [4.69, 9.17) is 0 Å². The third kappa shape index (κ3) is 1.66. The van der Waals surface area contributed by atoms with Gasteiger partial charge >= 0.3 is 0 Å². The zero-order valence-corrected chi connectivity index (χ0v) is 8.83. The van der Waals surface area contributed by atoms with Crippen LogP contribution in [-0.4, -0.2) is 24.7 Å². The van der Waals surface area contributed by atoms with E-state index >= 15 is 0 Å². The van der Waals surface area contributed by atoms with Gasteiger partial charge in [0.1, 0.15) is 6.10 Å². The van der Waals surface area contributed by atoms with Gasteiger partial charge in [0.15, 0.2) is 0 Å². The van der Waals surface area contributed by atoms with Crippen LogP contribution in [0.5, 0.6) is 0 Å². The van der Waals surface area contributed by atoms with Crippen molar-refractivity contribution < 1.29 is 5.11 Å². The number of aromatic nitrogens is 4. The summed E-state index contributed by atoms with van der Waals surface area (Å²) in [5, 5.41) is 18.3. The molecule has 1 atom stereocenters. The molecule has 1 unspecified atom stereocenters. The highest BCUT2D eigenvalue weighted by molar-refractivity contribution is 5.18. The molecule has 0 fully saturated rings. The number of aryl methyl sites for hydroxylation is 2. The Kier molecular flexibility index (Phi) is 2.55. The number of nitrogens with zero attached hydrogens (tertiary/aromatic N) is 4. The number of hydrogen-bond acceptors (Lipinski definition) is 3. The molecule has 0 aliphatic carbocycles.